The molecule has 13 heavy (non-hydrogen) atoms. The summed E-state index contributed by atoms with van der Waals surface area (Å²) in [4.78, 5) is 0. The van der Waals surface area contributed by atoms with Crippen LogP contribution in [0.25, 0.3) is 0 Å². The maximum Gasteiger partial charge on any atom is 0.0741 e. The normalized spacial score (nSPS) is 12.0. The molecule has 1 aromatic carbocycles. The van der Waals surface area contributed by atoms with Gasteiger partial charge in [-0.3, -0.25) is 0 Å². The van der Waals surface area contributed by atoms with Crippen LogP contribution in [-0.2, 0) is 11.2 Å². The van der Waals surface area contributed by atoms with Crippen molar-refractivity contribution < 1.29 is 4.74 Å². The molecule has 1 atom stereocenters. The number of nitriles is 1. The maximum absolute atomic E-state index is 8.52. The van der Waals surface area contributed by atoms with Crippen LogP contribution in [-0.4, -0.2) is 13.2 Å². The Bertz CT molecular complexity index is 276. The summed E-state index contributed by atoms with van der Waals surface area (Å²) in [6.45, 7) is 0. The molecule has 0 aliphatic carbocycles. The third-order valence-corrected chi connectivity index (χ3v) is 1.96. The van der Waals surface area contributed by atoms with Gasteiger partial charge in [-0.2, -0.15) is 5.26 Å². The van der Waals surface area contributed by atoms with Crippen LogP contribution in [0, 0.1) is 11.3 Å². The molecule has 0 heterocycles. The van der Waals surface area contributed by atoms with Crippen molar-refractivity contribution in [3.8, 4) is 6.07 Å². The molecule has 68 valence electrons. The van der Waals surface area contributed by atoms with Crippen molar-refractivity contribution in [1.29, 1.82) is 5.26 Å². The fourth-order valence-corrected chi connectivity index (χ4v) is 1.22. The fraction of sp³-hybridized carbons (Fsp3) is 0.364. The molecular weight excluding hydrogens is 162 g/mol. The zero-order valence-electron chi connectivity index (χ0n) is 7.73. The van der Waals surface area contributed by atoms with E-state index in [0.29, 0.717) is 6.42 Å². The van der Waals surface area contributed by atoms with Gasteiger partial charge in [0.25, 0.3) is 0 Å². The molecule has 0 aliphatic heterocycles. The van der Waals surface area contributed by atoms with Gasteiger partial charge in [0.15, 0.2) is 0 Å². The van der Waals surface area contributed by atoms with Gasteiger partial charge in [-0.05, 0) is 12.0 Å². The SMILES string of the molecule is COC(CC#N)Cc1ccccc1. The minimum Gasteiger partial charge on any atom is -0.380 e. The first-order valence-corrected chi connectivity index (χ1v) is 4.30. The van der Waals surface area contributed by atoms with Gasteiger partial charge in [-0.25, -0.2) is 0 Å². The highest BCUT2D eigenvalue weighted by Gasteiger charge is 2.06. The Balaban J connectivity index is 2.53. The Hall–Kier alpha value is -1.33. The third kappa shape index (κ3) is 3.27. The van der Waals surface area contributed by atoms with Gasteiger partial charge in [0, 0.05) is 7.11 Å². The Morgan fingerprint density at radius 1 is 1.38 bits per heavy atom. The summed E-state index contributed by atoms with van der Waals surface area (Å²) in [5.74, 6) is 0. The number of ether oxygens (including phenoxy) is 1. The Morgan fingerprint density at radius 2 is 2.08 bits per heavy atom. The minimum absolute atomic E-state index is 0.0207. The lowest BCUT2D eigenvalue weighted by atomic mass is 10.1. The average molecular weight is 175 g/mol. The van der Waals surface area contributed by atoms with Crippen LogP contribution in [0.5, 0.6) is 0 Å². The molecule has 0 spiro atoms. The molecule has 0 bridgehead atoms. The van der Waals surface area contributed by atoms with E-state index in [1.807, 2.05) is 30.3 Å². The highest BCUT2D eigenvalue weighted by atomic mass is 16.5. The van der Waals surface area contributed by atoms with Crippen molar-refractivity contribution in [3.63, 3.8) is 0 Å². The fourth-order valence-electron chi connectivity index (χ4n) is 1.22. The molecule has 2 nitrogen and oxygen atoms in total. The van der Waals surface area contributed by atoms with Crippen LogP contribution in [0.3, 0.4) is 0 Å². The molecule has 0 radical (unpaired) electrons. The average Bonchev–Trinajstić information content (AvgIpc) is 2.19. The lowest BCUT2D eigenvalue weighted by molar-refractivity contribution is 0.107. The second-order valence-corrected chi connectivity index (χ2v) is 2.91. The van der Waals surface area contributed by atoms with E-state index in [1.165, 1.54) is 5.56 Å². The molecule has 0 amide bonds. The zero-order valence-corrected chi connectivity index (χ0v) is 7.73. The van der Waals surface area contributed by atoms with E-state index in [0.717, 1.165) is 6.42 Å². The van der Waals surface area contributed by atoms with Crippen molar-refractivity contribution in [2.45, 2.75) is 18.9 Å². The van der Waals surface area contributed by atoms with Gasteiger partial charge in [0.2, 0.25) is 0 Å². The van der Waals surface area contributed by atoms with Crippen LogP contribution in [0.4, 0.5) is 0 Å². The van der Waals surface area contributed by atoms with Crippen molar-refractivity contribution >= 4 is 0 Å². The van der Waals surface area contributed by atoms with Crippen molar-refractivity contribution in [2.24, 2.45) is 0 Å². The van der Waals surface area contributed by atoms with E-state index < -0.39 is 0 Å². The van der Waals surface area contributed by atoms with Crippen LogP contribution >= 0.6 is 0 Å². The van der Waals surface area contributed by atoms with Gasteiger partial charge >= 0.3 is 0 Å². The van der Waals surface area contributed by atoms with Crippen LogP contribution in [0.15, 0.2) is 30.3 Å². The molecule has 0 saturated heterocycles. The number of methoxy groups -OCH3 is 1. The molecule has 0 aromatic heterocycles. The summed E-state index contributed by atoms with van der Waals surface area (Å²) in [7, 11) is 1.64. The monoisotopic (exact) mass is 175 g/mol. The predicted octanol–water partition coefficient (Wildman–Crippen LogP) is 2.16. The number of hydrogen-bond acceptors (Lipinski definition) is 2. The van der Waals surface area contributed by atoms with Crippen molar-refractivity contribution in [1.82, 2.24) is 0 Å². The topological polar surface area (TPSA) is 33.0 Å². The summed E-state index contributed by atoms with van der Waals surface area (Å²) in [5.41, 5.74) is 1.21. The molecule has 0 saturated carbocycles. The molecule has 0 fully saturated rings. The van der Waals surface area contributed by atoms with Crippen LogP contribution in [0.2, 0.25) is 0 Å². The third-order valence-electron chi connectivity index (χ3n) is 1.96. The molecule has 1 unspecified atom stereocenters. The van der Waals surface area contributed by atoms with E-state index in [-0.39, 0.29) is 6.10 Å². The molecular formula is C11H13NO. The Kier molecular flexibility index (Phi) is 4.01. The molecule has 0 N–H and O–H groups in total. The summed E-state index contributed by atoms with van der Waals surface area (Å²) < 4.78 is 5.17. The van der Waals surface area contributed by atoms with Gasteiger partial charge in [0.05, 0.1) is 18.6 Å². The summed E-state index contributed by atoms with van der Waals surface area (Å²) in [5, 5.41) is 8.52. The number of benzene rings is 1. The summed E-state index contributed by atoms with van der Waals surface area (Å²) in [6, 6.07) is 12.2. The largest absolute Gasteiger partial charge is 0.380 e. The number of nitrogens with zero attached hydrogens (tertiary/aromatic N) is 1. The van der Waals surface area contributed by atoms with Crippen molar-refractivity contribution in [3.05, 3.63) is 35.9 Å². The summed E-state index contributed by atoms with van der Waals surface area (Å²) in [6.07, 6.45) is 1.28. The molecule has 0 aliphatic rings. The van der Waals surface area contributed by atoms with Gasteiger partial charge in [-0.1, -0.05) is 30.3 Å². The second-order valence-electron chi connectivity index (χ2n) is 2.91. The van der Waals surface area contributed by atoms with Gasteiger partial charge in [-0.15, -0.1) is 0 Å². The summed E-state index contributed by atoms with van der Waals surface area (Å²) >= 11 is 0. The van der Waals surface area contributed by atoms with E-state index in [4.69, 9.17) is 10.00 Å². The first kappa shape index (κ1) is 9.76. The van der Waals surface area contributed by atoms with E-state index in [2.05, 4.69) is 6.07 Å². The lowest BCUT2D eigenvalue weighted by Crippen LogP contribution is -2.12. The van der Waals surface area contributed by atoms with Crippen LogP contribution < -0.4 is 0 Å². The first-order valence-electron chi connectivity index (χ1n) is 4.30. The smallest absolute Gasteiger partial charge is 0.0741 e. The second kappa shape index (κ2) is 5.34. The lowest BCUT2D eigenvalue weighted by Gasteiger charge is -2.10. The molecule has 1 aromatic rings. The molecule has 1 rings (SSSR count). The van der Waals surface area contributed by atoms with Crippen LogP contribution in [0.1, 0.15) is 12.0 Å². The maximum atomic E-state index is 8.52. The van der Waals surface area contributed by atoms with E-state index in [9.17, 15) is 0 Å². The number of rotatable bonds is 4. The van der Waals surface area contributed by atoms with Crippen molar-refractivity contribution in [2.75, 3.05) is 7.11 Å². The highest BCUT2D eigenvalue weighted by Crippen LogP contribution is 2.07. The molecule has 2 heteroatoms. The first-order chi connectivity index (χ1) is 6.36. The van der Waals surface area contributed by atoms with Gasteiger partial charge < -0.3 is 4.74 Å². The number of hydrogen-bond donors (Lipinski definition) is 0. The Labute approximate surface area is 78.8 Å². The van der Waals surface area contributed by atoms with E-state index >= 15 is 0 Å². The zero-order chi connectivity index (χ0) is 9.52. The highest BCUT2D eigenvalue weighted by molar-refractivity contribution is 5.15. The van der Waals surface area contributed by atoms with Gasteiger partial charge in [0.1, 0.15) is 0 Å². The van der Waals surface area contributed by atoms with E-state index in [1.54, 1.807) is 7.11 Å². The minimum atomic E-state index is 0.0207. The Morgan fingerprint density at radius 3 is 2.62 bits per heavy atom. The predicted molar refractivity (Wildman–Crippen MR) is 51.2 cm³/mol. The quantitative estimate of drug-likeness (QED) is 0.702. The standard InChI is InChI=1S/C11H13NO/c1-13-11(7-8-12)9-10-5-3-2-4-6-10/h2-6,11H,7,9H2,1H3.